The van der Waals surface area contributed by atoms with E-state index in [4.69, 9.17) is 0 Å². The highest BCUT2D eigenvalue weighted by Crippen LogP contribution is 2.38. The fraction of sp³-hybridized carbons (Fsp3) is 0.440. The smallest absolute Gasteiger partial charge is 0.224 e. The van der Waals surface area contributed by atoms with Crippen molar-refractivity contribution in [3.05, 3.63) is 71.0 Å². The van der Waals surface area contributed by atoms with Gasteiger partial charge in [-0.2, -0.15) is 0 Å². The number of carbonyl (C=O) groups is 2. The fourth-order valence-corrected chi connectivity index (χ4v) is 4.52. The fourth-order valence-electron chi connectivity index (χ4n) is 4.52. The molecule has 0 spiro atoms. The van der Waals surface area contributed by atoms with E-state index in [2.05, 4.69) is 22.8 Å². The number of halogens is 1. The van der Waals surface area contributed by atoms with E-state index in [-0.39, 0.29) is 35.5 Å². The predicted molar refractivity (Wildman–Crippen MR) is 118 cm³/mol. The number of hydrogen-bond donors (Lipinski definition) is 3. The molecule has 0 heterocycles. The van der Waals surface area contributed by atoms with Gasteiger partial charge in [0.25, 0.3) is 0 Å². The number of amides is 2. The molecule has 0 aromatic heterocycles. The molecule has 0 radical (unpaired) electrons. The Morgan fingerprint density at radius 2 is 1.84 bits per heavy atom. The molecule has 3 atom stereocenters. The van der Waals surface area contributed by atoms with Crippen molar-refractivity contribution in [3.63, 3.8) is 0 Å². The van der Waals surface area contributed by atoms with E-state index in [1.807, 2.05) is 18.2 Å². The van der Waals surface area contributed by atoms with Crippen LogP contribution < -0.4 is 10.6 Å². The molecule has 166 valence electrons. The van der Waals surface area contributed by atoms with E-state index in [0.717, 1.165) is 23.1 Å². The third-order valence-corrected chi connectivity index (χ3v) is 6.37. The van der Waals surface area contributed by atoms with Gasteiger partial charge in [-0.1, -0.05) is 36.4 Å². The number of aliphatic hydroxyl groups excluding tert-OH is 1. The van der Waals surface area contributed by atoms with Crippen LogP contribution in [0, 0.1) is 12.7 Å². The highest BCUT2D eigenvalue weighted by atomic mass is 19.1. The molecular formula is C25H31FN2O3. The zero-order valence-electron chi connectivity index (χ0n) is 18.2. The van der Waals surface area contributed by atoms with E-state index in [1.54, 1.807) is 13.0 Å². The van der Waals surface area contributed by atoms with E-state index >= 15 is 0 Å². The highest BCUT2D eigenvalue weighted by molar-refractivity contribution is 5.79. The van der Waals surface area contributed by atoms with Crippen LogP contribution in [-0.4, -0.2) is 35.6 Å². The molecule has 0 aliphatic heterocycles. The number of benzene rings is 2. The zero-order valence-corrected chi connectivity index (χ0v) is 18.2. The molecule has 1 fully saturated rings. The van der Waals surface area contributed by atoms with Crippen LogP contribution in [0.5, 0.6) is 0 Å². The molecular weight excluding hydrogens is 395 g/mol. The summed E-state index contributed by atoms with van der Waals surface area (Å²) in [7, 11) is 0. The first-order valence-corrected chi connectivity index (χ1v) is 10.8. The van der Waals surface area contributed by atoms with Crippen LogP contribution in [0.1, 0.15) is 49.3 Å². The van der Waals surface area contributed by atoms with Crippen LogP contribution in [0.3, 0.4) is 0 Å². The molecule has 1 saturated carbocycles. The van der Waals surface area contributed by atoms with Gasteiger partial charge in [0.1, 0.15) is 5.82 Å². The number of carbonyl (C=O) groups excluding carboxylic acids is 2. The average Bonchev–Trinajstić information content (AvgIpc) is 2.89. The lowest BCUT2D eigenvalue weighted by molar-refractivity contribution is -0.121. The standard InChI is InChI=1S/C25H31FN2O3/c1-17-14-21(26)9-8-19(17)15-24(31)27-16-25(20-6-4-3-5-7-20)12-10-22(28-18(2)29)23(30)11-13-25/h3-9,14,22-23,30H,10-13,15-16H2,1-2H3,(H,27,31)(H,28,29)/t22-,23-,25-/m0/s1. The molecule has 2 aromatic rings. The maximum atomic E-state index is 13.3. The summed E-state index contributed by atoms with van der Waals surface area (Å²) in [6.45, 7) is 3.70. The molecule has 6 heteroatoms. The van der Waals surface area contributed by atoms with E-state index in [9.17, 15) is 19.1 Å². The summed E-state index contributed by atoms with van der Waals surface area (Å²) in [6, 6.07) is 14.2. The summed E-state index contributed by atoms with van der Waals surface area (Å²) >= 11 is 0. The molecule has 1 aliphatic rings. The Bertz CT molecular complexity index is 918. The lowest BCUT2D eigenvalue weighted by atomic mass is 9.74. The highest BCUT2D eigenvalue weighted by Gasteiger charge is 2.38. The van der Waals surface area contributed by atoms with Gasteiger partial charge < -0.3 is 15.7 Å². The van der Waals surface area contributed by atoms with Crippen molar-refractivity contribution < 1.29 is 19.1 Å². The summed E-state index contributed by atoms with van der Waals surface area (Å²) < 4.78 is 13.3. The Morgan fingerprint density at radius 3 is 2.52 bits per heavy atom. The Balaban J connectivity index is 1.75. The van der Waals surface area contributed by atoms with Crippen molar-refractivity contribution in [2.45, 2.75) is 63.5 Å². The van der Waals surface area contributed by atoms with Crippen molar-refractivity contribution in [3.8, 4) is 0 Å². The Labute approximate surface area is 183 Å². The summed E-state index contributed by atoms with van der Waals surface area (Å²) in [5.74, 6) is -0.581. The van der Waals surface area contributed by atoms with Gasteiger partial charge in [0.05, 0.1) is 18.6 Å². The minimum atomic E-state index is -0.618. The van der Waals surface area contributed by atoms with Crippen molar-refractivity contribution >= 4 is 11.8 Å². The van der Waals surface area contributed by atoms with E-state index in [1.165, 1.54) is 19.1 Å². The first kappa shape index (κ1) is 22.9. The van der Waals surface area contributed by atoms with Crippen LogP contribution in [0.15, 0.2) is 48.5 Å². The van der Waals surface area contributed by atoms with Crippen LogP contribution in [-0.2, 0) is 21.4 Å². The Hall–Kier alpha value is -2.73. The third kappa shape index (κ3) is 5.91. The van der Waals surface area contributed by atoms with Gasteiger partial charge in [-0.3, -0.25) is 9.59 Å². The molecule has 0 bridgehead atoms. The number of hydrogen-bond acceptors (Lipinski definition) is 3. The minimum absolute atomic E-state index is 0.117. The third-order valence-electron chi connectivity index (χ3n) is 6.37. The predicted octanol–water partition coefficient (Wildman–Crippen LogP) is 3.17. The molecule has 5 nitrogen and oxygen atoms in total. The van der Waals surface area contributed by atoms with Gasteiger partial charge >= 0.3 is 0 Å². The molecule has 2 amide bonds. The quantitative estimate of drug-likeness (QED) is 0.621. The van der Waals surface area contributed by atoms with Crippen molar-refractivity contribution in [1.29, 1.82) is 0 Å². The number of aryl methyl sites for hydroxylation is 1. The Kier molecular flexibility index (Phi) is 7.44. The topological polar surface area (TPSA) is 78.4 Å². The van der Waals surface area contributed by atoms with Crippen LogP contribution in [0.25, 0.3) is 0 Å². The molecule has 2 aromatic carbocycles. The molecule has 1 aliphatic carbocycles. The Morgan fingerprint density at radius 1 is 1.13 bits per heavy atom. The van der Waals surface area contributed by atoms with Gasteiger partial charge in [-0.15, -0.1) is 0 Å². The van der Waals surface area contributed by atoms with E-state index in [0.29, 0.717) is 25.8 Å². The average molecular weight is 427 g/mol. The van der Waals surface area contributed by atoms with Crippen LogP contribution >= 0.6 is 0 Å². The largest absolute Gasteiger partial charge is 0.391 e. The summed E-state index contributed by atoms with van der Waals surface area (Å²) in [6.07, 6.45) is 2.16. The minimum Gasteiger partial charge on any atom is -0.391 e. The first-order chi connectivity index (χ1) is 14.8. The lowest BCUT2D eigenvalue weighted by Crippen LogP contribution is -2.42. The van der Waals surface area contributed by atoms with E-state index < -0.39 is 6.10 Å². The lowest BCUT2D eigenvalue weighted by Gasteiger charge is -2.34. The van der Waals surface area contributed by atoms with Crippen LogP contribution in [0.2, 0.25) is 0 Å². The molecule has 0 saturated heterocycles. The molecule has 3 N–H and O–H groups in total. The summed E-state index contributed by atoms with van der Waals surface area (Å²) in [5, 5.41) is 16.5. The number of rotatable bonds is 6. The zero-order chi connectivity index (χ0) is 22.4. The van der Waals surface area contributed by atoms with Crippen molar-refractivity contribution in [2.75, 3.05) is 6.54 Å². The van der Waals surface area contributed by atoms with Gasteiger partial charge in [0.15, 0.2) is 0 Å². The molecule has 3 rings (SSSR count). The second-order valence-corrected chi connectivity index (χ2v) is 8.62. The second-order valence-electron chi connectivity index (χ2n) is 8.62. The van der Waals surface area contributed by atoms with Crippen molar-refractivity contribution in [1.82, 2.24) is 10.6 Å². The van der Waals surface area contributed by atoms with Gasteiger partial charge in [0.2, 0.25) is 11.8 Å². The van der Waals surface area contributed by atoms with Gasteiger partial charge in [0, 0.05) is 18.9 Å². The summed E-state index contributed by atoms with van der Waals surface area (Å²) in [4.78, 5) is 24.3. The number of nitrogens with one attached hydrogen (secondary N) is 2. The first-order valence-electron chi connectivity index (χ1n) is 10.8. The second kappa shape index (κ2) is 10.1. The monoisotopic (exact) mass is 426 g/mol. The maximum Gasteiger partial charge on any atom is 0.224 e. The molecule has 0 unspecified atom stereocenters. The van der Waals surface area contributed by atoms with Gasteiger partial charge in [-0.05, 0) is 61.4 Å². The van der Waals surface area contributed by atoms with Gasteiger partial charge in [-0.25, -0.2) is 4.39 Å². The van der Waals surface area contributed by atoms with Crippen molar-refractivity contribution in [2.24, 2.45) is 0 Å². The van der Waals surface area contributed by atoms with Crippen LogP contribution in [0.4, 0.5) is 4.39 Å². The normalized spacial score (nSPS) is 23.6. The maximum absolute atomic E-state index is 13.3. The number of aliphatic hydroxyl groups is 1. The summed E-state index contributed by atoms with van der Waals surface area (Å²) in [5.41, 5.74) is 2.34. The SMILES string of the molecule is CC(=O)N[C@H]1CC[C@](CNC(=O)Cc2ccc(F)cc2C)(c2ccccc2)CC[C@@H]1O. The molecule has 31 heavy (non-hydrogen) atoms.